The molecule has 2 aromatic carbocycles. The number of anilines is 1. The lowest BCUT2D eigenvalue weighted by Gasteiger charge is -2.38. The molecule has 2 aliphatic rings. The number of Topliss-reactive ketones (excluding diaryl/α,β-unsaturated/α-hetero) is 1. The largest absolute Gasteiger partial charge is 0.496 e. The molecule has 1 aliphatic carbocycles. The van der Waals surface area contributed by atoms with Crippen molar-refractivity contribution in [3.63, 3.8) is 0 Å². The van der Waals surface area contributed by atoms with E-state index in [-0.39, 0.29) is 35.7 Å². The van der Waals surface area contributed by atoms with Crippen molar-refractivity contribution < 1.29 is 32.4 Å². The lowest BCUT2D eigenvalue weighted by molar-refractivity contribution is -0.384. The van der Waals surface area contributed by atoms with E-state index in [0.29, 0.717) is 29.7 Å². The van der Waals surface area contributed by atoms with Gasteiger partial charge in [0.25, 0.3) is 5.69 Å². The van der Waals surface area contributed by atoms with Crippen LogP contribution in [0.15, 0.2) is 53.7 Å². The fourth-order valence-corrected chi connectivity index (χ4v) is 4.43. The van der Waals surface area contributed by atoms with Crippen LogP contribution in [0.5, 0.6) is 5.75 Å². The lowest BCUT2D eigenvalue weighted by atomic mass is 9.77. The number of carbonyl (C=O) groups excluding carboxylic acids is 2. The van der Waals surface area contributed by atoms with Crippen molar-refractivity contribution in [2.45, 2.75) is 37.8 Å². The van der Waals surface area contributed by atoms with Crippen LogP contribution in [-0.4, -0.2) is 23.7 Å². The minimum Gasteiger partial charge on any atom is -0.496 e. The number of alkyl halides is 3. The Morgan fingerprint density at radius 1 is 1.09 bits per heavy atom. The van der Waals surface area contributed by atoms with Gasteiger partial charge in [0, 0.05) is 30.0 Å². The second kappa shape index (κ2) is 8.34. The van der Waals surface area contributed by atoms with E-state index in [9.17, 15) is 32.9 Å². The van der Waals surface area contributed by atoms with Gasteiger partial charge in [-0.15, -0.1) is 0 Å². The summed E-state index contributed by atoms with van der Waals surface area (Å²) < 4.78 is 43.9. The quantitative estimate of drug-likeness (QED) is 0.465. The number of nitro benzene ring substituents is 1. The third kappa shape index (κ3) is 4.08. The van der Waals surface area contributed by atoms with Crippen LogP contribution in [0.3, 0.4) is 0 Å². The SMILES string of the molecule is COc1ccc(N2C(=O)CC(c3ccc(C(F)(F)F)cc3)C3=C2CCCC3=O)c([N+](=O)[O-])c1. The van der Waals surface area contributed by atoms with Crippen molar-refractivity contribution in [1.82, 2.24) is 0 Å². The smallest absolute Gasteiger partial charge is 0.416 e. The summed E-state index contributed by atoms with van der Waals surface area (Å²) in [5, 5.41) is 11.7. The number of nitrogens with zero attached hydrogens (tertiary/aromatic N) is 2. The summed E-state index contributed by atoms with van der Waals surface area (Å²) >= 11 is 0. The minimum atomic E-state index is -4.50. The zero-order valence-corrected chi connectivity index (χ0v) is 17.5. The Morgan fingerprint density at radius 3 is 2.39 bits per heavy atom. The van der Waals surface area contributed by atoms with Gasteiger partial charge >= 0.3 is 6.18 Å². The molecule has 0 fully saturated rings. The van der Waals surface area contributed by atoms with E-state index in [2.05, 4.69) is 0 Å². The van der Waals surface area contributed by atoms with Crippen molar-refractivity contribution in [2.24, 2.45) is 0 Å². The molecule has 0 N–H and O–H groups in total. The Kier molecular flexibility index (Phi) is 5.69. The van der Waals surface area contributed by atoms with Gasteiger partial charge in [0.05, 0.1) is 23.7 Å². The van der Waals surface area contributed by atoms with E-state index in [1.54, 1.807) is 0 Å². The van der Waals surface area contributed by atoms with Crippen molar-refractivity contribution in [1.29, 1.82) is 0 Å². The first-order chi connectivity index (χ1) is 15.6. The maximum atomic E-state index is 13.2. The molecule has 172 valence electrons. The number of hydrogen-bond donors (Lipinski definition) is 0. The Bertz CT molecular complexity index is 1170. The van der Waals surface area contributed by atoms with Crippen LogP contribution in [0.2, 0.25) is 0 Å². The lowest BCUT2D eigenvalue weighted by Crippen LogP contribution is -2.40. The monoisotopic (exact) mass is 460 g/mol. The highest BCUT2D eigenvalue weighted by Gasteiger charge is 2.42. The van der Waals surface area contributed by atoms with Gasteiger partial charge in [0.1, 0.15) is 11.4 Å². The van der Waals surface area contributed by atoms with E-state index >= 15 is 0 Å². The number of ketones is 1. The Hall–Kier alpha value is -3.69. The topological polar surface area (TPSA) is 89.8 Å². The number of allylic oxidation sites excluding steroid dienone is 2. The molecule has 10 heteroatoms. The molecular formula is C23H19F3N2O5. The normalized spacial score (nSPS) is 18.9. The van der Waals surface area contributed by atoms with E-state index in [1.807, 2.05) is 0 Å². The Morgan fingerprint density at radius 2 is 1.79 bits per heavy atom. The van der Waals surface area contributed by atoms with Gasteiger partial charge in [0.15, 0.2) is 5.78 Å². The minimum absolute atomic E-state index is 0.0267. The van der Waals surface area contributed by atoms with Crippen LogP contribution >= 0.6 is 0 Å². The molecule has 7 nitrogen and oxygen atoms in total. The first kappa shape index (κ1) is 22.5. The van der Waals surface area contributed by atoms with Crippen molar-refractivity contribution >= 4 is 23.1 Å². The van der Waals surface area contributed by atoms with Crippen LogP contribution in [-0.2, 0) is 15.8 Å². The van der Waals surface area contributed by atoms with Gasteiger partial charge in [-0.1, -0.05) is 12.1 Å². The van der Waals surface area contributed by atoms with Crippen LogP contribution in [0.4, 0.5) is 24.5 Å². The number of nitro groups is 1. The van der Waals surface area contributed by atoms with Crippen molar-refractivity contribution in [3.8, 4) is 5.75 Å². The van der Waals surface area contributed by atoms with Crippen LogP contribution in [0.25, 0.3) is 0 Å². The van der Waals surface area contributed by atoms with E-state index in [0.717, 1.165) is 12.1 Å². The third-order valence-corrected chi connectivity index (χ3v) is 5.94. The number of methoxy groups -OCH3 is 1. The summed E-state index contributed by atoms with van der Waals surface area (Å²) in [7, 11) is 1.36. The van der Waals surface area contributed by atoms with E-state index in [1.165, 1.54) is 42.3 Å². The standard InChI is InChI=1S/C23H19F3N2O5/c1-33-15-9-10-17(19(11-15)28(31)32)27-18-3-2-4-20(29)22(18)16(12-21(27)30)13-5-7-14(8-6-13)23(24,25)26/h5-11,16H,2-4,12H2,1H3. The Labute approximate surface area is 186 Å². The maximum absolute atomic E-state index is 13.2. The molecule has 1 aliphatic heterocycles. The second-order valence-electron chi connectivity index (χ2n) is 7.85. The maximum Gasteiger partial charge on any atom is 0.416 e. The molecule has 1 atom stereocenters. The molecule has 33 heavy (non-hydrogen) atoms. The van der Waals surface area contributed by atoms with Crippen LogP contribution in [0, 0.1) is 10.1 Å². The third-order valence-electron chi connectivity index (χ3n) is 5.94. The molecule has 1 heterocycles. The van der Waals surface area contributed by atoms with E-state index < -0.39 is 28.5 Å². The second-order valence-corrected chi connectivity index (χ2v) is 7.85. The van der Waals surface area contributed by atoms with Crippen molar-refractivity contribution in [2.75, 3.05) is 12.0 Å². The zero-order chi connectivity index (χ0) is 23.9. The average molecular weight is 460 g/mol. The summed E-state index contributed by atoms with van der Waals surface area (Å²) in [4.78, 5) is 38.4. The molecule has 1 unspecified atom stereocenters. The van der Waals surface area contributed by atoms with Gasteiger partial charge in [-0.05, 0) is 42.7 Å². The zero-order valence-electron chi connectivity index (χ0n) is 17.5. The van der Waals surface area contributed by atoms with Crippen molar-refractivity contribution in [3.05, 3.63) is 75.0 Å². The van der Waals surface area contributed by atoms with Gasteiger partial charge in [-0.2, -0.15) is 13.2 Å². The van der Waals surface area contributed by atoms with Crippen LogP contribution < -0.4 is 9.64 Å². The molecule has 0 saturated carbocycles. The van der Waals surface area contributed by atoms with Gasteiger partial charge < -0.3 is 4.74 Å². The summed E-state index contributed by atoms with van der Waals surface area (Å²) in [5.74, 6) is -1.15. The molecular weight excluding hydrogens is 441 g/mol. The highest BCUT2D eigenvalue weighted by Crippen LogP contribution is 2.46. The fourth-order valence-electron chi connectivity index (χ4n) is 4.43. The number of benzene rings is 2. The highest BCUT2D eigenvalue weighted by molar-refractivity contribution is 6.08. The number of rotatable bonds is 4. The van der Waals surface area contributed by atoms with Gasteiger partial charge in [-0.3, -0.25) is 24.6 Å². The molecule has 0 radical (unpaired) electrons. The predicted octanol–water partition coefficient (Wildman–Crippen LogP) is 5.15. The number of halogens is 3. The molecule has 0 bridgehead atoms. The molecule has 0 spiro atoms. The average Bonchev–Trinajstić information content (AvgIpc) is 2.78. The number of ether oxygens (including phenoxy) is 1. The van der Waals surface area contributed by atoms with Crippen LogP contribution in [0.1, 0.15) is 42.7 Å². The Balaban J connectivity index is 1.84. The van der Waals surface area contributed by atoms with Gasteiger partial charge in [-0.25, -0.2) is 0 Å². The fraction of sp³-hybridized carbons (Fsp3) is 0.304. The summed E-state index contributed by atoms with van der Waals surface area (Å²) in [6, 6.07) is 8.49. The highest BCUT2D eigenvalue weighted by atomic mass is 19.4. The molecule has 1 amide bonds. The first-order valence-corrected chi connectivity index (χ1v) is 10.2. The van der Waals surface area contributed by atoms with Gasteiger partial charge in [0.2, 0.25) is 5.91 Å². The number of carbonyl (C=O) groups is 2. The molecule has 0 aromatic heterocycles. The predicted molar refractivity (Wildman–Crippen MR) is 112 cm³/mol. The summed E-state index contributed by atoms with van der Waals surface area (Å²) in [6.45, 7) is 0. The summed E-state index contributed by atoms with van der Waals surface area (Å²) in [6.07, 6.45) is -3.66. The van der Waals surface area contributed by atoms with E-state index in [4.69, 9.17) is 4.74 Å². The summed E-state index contributed by atoms with van der Waals surface area (Å²) in [5.41, 5.74) is -0.0400. The number of amides is 1. The first-order valence-electron chi connectivity index (χ1n) is 10.2. The molecule has 2 aromatic rings. The molecule has 4 rings (SSSR count). The molecule has 0 saturated heterocycles. The number of hydrogen-bond acceptors (Lipinski definition) is 5.